The van der Waals surface area contributed by atoms with E-state index in [1.54, 1.807) is 6.20 Å². The topological polar surface area (TPSA) is 80.3 Å². The van der Waals surface area contributed by atoms with Crippen molar-refractivity contribution in [2.24, 2.45) is 5.92 Å². The van der Waals surface area contributed by atoms with Crippen molar-refractivity contribution in [3.8, 4) is 11.3 Å². The lowest BCUT2D eigenvalue weighted by Gasteiger charge is -2.14. The number of carbonyl (C=O) groups is 2. The number of nitrogens with one attached hydrogen (secondary N) is 2. The summed E-state index contributed by atoms with van der Waals surface area (Å²) >= 11 is 0. The average molecular weight is 341 g/mol. The van der Waals surface area contributed by atoms with Crippen LogP contribution >= 0.6 is 0 Å². The Hall–Kier alpha value is -2.73. The monoisotopic (exact) mass is 341 g/mol. The van der Waals surface area contributed by atoms with E-state index in [-0.39, 0.29) is 18.3 Å². The second kappa shape index (κ2) is 9.54. The Labute approximate surface area is 147 Å². The Bertz CT molecular complexity index is 687. The SMILES string of the molecule is CC[C@H](CC(=O)OC)C(=O)NNCc1ccc(-c2ccccn2)cc1. The van der Waals surface area contributed by atoms with Crippen LogP contribution in [0.3, 0.4) is 0 Å². The maximum Gasteiger partial charge on any atom is 0.306 e. The fourth-order valence-electron chi connectivity index (χ4n) is 2.37. The Kier molecular flexibility index (Phi) is 7.10. The average Bonchev–Trinajstić information content (AvgIpc) is 2.67. The number of carbonyl (C=O) groups excluding carboxylic acids is 2. The third kappa shape index (κ3) is 5.69. The van der Waals surface area contributed by atoms with E-state index < -0.39 is 5.92 Å². The fourth-order valence-corrected chi connectivity index (χ4v) is 2.37. The maximum absolute atomic E-state index is 12.1. The molecule has 0 radical (unpaired) electrons. The molecule has 1 aromatic heterocycles. The highest BCUT2D eigenvalue weighted by atomic mass is 16.5. The predicted molar refractivity (Wildman–Crippen MR) is 95.1 cm³/mol. The Morgan fingerprint density at radius 3 is 2.52 bits per heavy atom. The summed E-state index contributed by atoms with van der Waals surface area (Å²) in [4.78, 5) is 27.7. The molecule has 25 heavy (non-hydrogen) atoms. The van der Waals surface area contributed by atoms with Gasteiger partial charge in [0.05, 0.1) is 19.2 Å². The van der Waals surface area contributed by atoms with Crippen molar-refractivity contribution in [1.29, 1.82) is 0 Å². The Balaban J connectivity index is 1.83. The van der Waals surface area contributed by atoms with Crippen LogP contribution in [-0.2, 0) is 20.9 Å². The first-order valence-electron chi connectivity index (χ1n) is 8.24. The molecular weight excluding hydrogens is 318 g/mol. The Morgan fingerprint density at radius 2 is 1.92 bits per heavy atom. The summed E-state index contributed by atoms with van der Waals surface area (Å²) in [6.45, 7) is 2.35. The van der Waals surface area contributed by atoms with Crippen molar-refractivity contribution in [3.05, 3.63) is 54.2 Å². The summed E-state index contributed by atoms with van der Waals surface area (Å²) in [7, 11) is 1.32. The zero-order valence-electron chi connectivity index (χ0n) is 14.5. The van der Waals surface area contributed by atoms with Crippen molar-refractivity contribution in [3.63, 3.8) is 0 Å². The van der Waals surface area contributed by atoms with E-state index in [9.17, 15) is 9.59 Å². The van der Waals surface area contributed by atoms with Gasteiger partial charge in [0.15, 0.2) is 0 Å². The number of esters is 1. The highest BCUT2D eigenvalue weighted by Crippen LogP contribution is 2.16. The van der Waals surface area contributed by atoms with Gasteiger partial charge in [0.1, 0.15) is 0 Å². The minimum absolute atomic E-state index is 0.0826. The molecule has 1 atom stereocenters. The van der Waals surface area contributed by atoms with Crippen LogP contribution in [0.1, 0.15) is 25.3 Å². The minimum atomic E-state index is -0.397. The predicted octanol–water partition coefficient (Wildman–Crippen LogP) is 2.46. The second-order valence-electron chi connectivity index (χ2n) is 5.64. The number of rotatable bonds is 8. The molecule has 0 aliphatic rings. The molecule has 0 saturated heterocycles. The molecule has 0 unspecified atom stereocenters. The molecule has 6 nitrogen and oxygen atoms in total. The minimum Gasteiger partial charge on any atom is -0.469 e. The molecule has 0 fully saturated rings. The summed E-state index contributed by atoms with van der Waals surface area (Å²) in [5, 5.41) is 0. The highest BCUT2D eigenvalue weighted by molar-refractivity contribution is 5.83. The van der Waals surface area contributed by atoms with Crippen molar-refractivity contribution < 1.29 is 14.3 Å². The van der Waals surface area contributed by atoms with E-state index in [2.05, 4.69) is 20.6 Å². The van der Waals surface area contributed by atoms with Crippen LogP contribution in [0.5, 0.6) is 0 Å². The zero-order valence-corrected chi connectivity index (χ0v) is 14.5. The van der Waals surface area contributed by atoms with Gasteiger partial charge in [0, 0.05) is 24.2 Å². The number of ether oxygens (including phenoxy) is 1. The third-order valence-corrected chi connectivity index (χ3v) is 3.92. The quantitative estimate of drug-likeness (QED) is 0.569. The zero-order chi connectivity index (χ0) is 18.1. The number of hydrogen-bond donors (Lipinski definition) is 2. The van der Waals surface area contributed by atoms with Crippen LogP contribution in [0.25, 0.3) is 11.3 Å². The fraction of sp³-hybridized carbons (Fsp3) is 0.316. The van der Waals surface area contributed by atoms with E-state index in [0.717, 1.165) is 16.8 Å². The van der Waals surface area contributed by atoms with Crippen molar-refractivity contribution in [2.45, 2.75) is 26.3 Å². The molecule has 2 aromatic rings. The summed E-state index contributed by atoms with van der Waals surface area (Å²) in [5.41, 5.74) is 8.54. The number of nitrogens with zero attached hydrogens (tertiary/aromatic N) is 1. The molecule has 1 aromatic carbocycles. The normalized spacial score (nSPS) is 11.6. The van der Waals surface area contributed by atoms with E-state index in [1.165, 1.54) is 7.11 Å². The first-order valence-corrected chi connectivity index (χ1v) is 8.24. The van der Waals surface area contributed by atoms with Gasteiger partial charge in [-0.1, -0.05) is 37.3 Å². The van der Waals surface area contributed by atoms with Crippen molar-refractivity contribution in [1.82, 2.24) is 15.8 Å². The van der Waals surface area contributed by atoms with E-state index in [1.807, 2.05) is 49.4 Å². The summed E-state index contributed by atoms with van der Waals surface area (Å²) in [5.74, 6) is -0.989. The third-order valence-electron chi connectivity index (χ3n) is 3.92. The largest absolute Gasteiger partial charge is 0.469 e. The first kappa shape index (κ1) is 18.6. The molecule has 0 spiro atoms. The standard InChI is InChI=1S/C19H23N3O3/c1-3-15(12-18(23)25-2)19(24)22-21-13-14-7-9-16(10-8-14)17-6-4-5-11-20-17/h4-11,15,21H,3,12-13H2,1-2H3,(H,22,24)/t15-/m1/s1. The molecule has 2 rings (SSSR count). The smallest absolute Gasteiger partial charge is 0.306 e. The van der Waals surface area contributed by atoms with Gasteiger partial charge in [-0.3, -0.25) is 20.0 Å². The lowest BCUT2D eigenvalue weighted by atomic mass is 10.0. The molecule has 2 N–H and O–H groups in total. The van der Waals surface area contributed by atoms with Crippen molar-refractivity contribution >= 4 is 11.9 Å². The Morgan fingerprint density at radius 1 is 1.16 bits per heavy atom. The van der Waals surface area contributed by atoms with Crippen LogP contribution < -0.4 is 10.9 Å². The molecule has 0 aliphatic heterocycles. The van der Waals surface area contributed by atoms with Crippen LogP contribution in [0.15, 0.2) is 48.7 Å². The lowest BCUT2D eigenvalue weighted by molar-refractivity contribution is -0.144. The van der Waals surface area contributed by atoms with E-state index in [0.29, 0.717) is 13.0 Å². The van der Waals surface area contributed by atoms with Gasteiger partial charge in [0.2, 0.25) is 5.91 Å². The summed E-state index contributed by atoms with van der Waals surface area (Å²) in [6, 6.07) is 13.7. The molecule has 0 bridgehead atoms. The number of aromatic nitrogens is 1. The molecule has 0 aliphatic carbocycles. The van der Waals surface area contributed by atoms with Gasteiger partial charge in [-0.15, -0.1) is 0 Å². The van der Waals surface area contributed by atoms with Crippen LogP contribution in [0, 0.1) is 5.92 Å². The number of benzene rings is 1. The van der Waals surface area contributed by atoms with Gasteiger partial charge in [-0.2, -0.15) is 0 Å². The van der Waals surface area contributed by atoms with E-state index >= 15 is 0 Å². The summed E-state index contributed by atoms with van der Waals surface area (Å²) < 4.78 is 4.61. The number of pyridine rings is 1. The van der Waals surface area contributed by atoms with Gasteiger partial charge in [-0.25, -0.2) is 5.43 Å². The van der Waals surface area contributed by atoms with Gasteiger partial charge < -0.3 is 4.74 Å². The van der Waals surface area contributed by atoms with Crippen LogP contribution in [-0.4, -0.2) is 24.0 Å². The maximum atomic E-state index is 12.1. The second-order valence-corrected chi connectivity index (χ2v) is 5.64. The number of amides is 1. The van der Waals surface area contributed by atoms with Gasteiger partial charge >= 0.3 is 5.97 Å². The highest BCUT2D eigenvalue weighted by Gasteiger charge is 2.20. The molecule has 0 saturated carbocycles. The molecule has 132 valence electrons. The summed E-state index contributed by atoms with van der Waals surface area (Å²) in [6.07, 6.45) is 2.42. The molecular formula is C19H23N3O3. The lowest BCUT2D eigenvalue weighted by Crippen LogP contribution is -2.41. The van der Waals surface area contributed by atoms with Crippen LogP contribution in [0.2, 0.25) is 0 Å². The van der Waals surface area contributed by atoms with E-state index in [4.69, 9.17) is 0 Å². The molecule has 1 heterocycles. The van der Waals surface area contributed by atoms with Crippen LogP contribution in [0.4, 0.5) is 0 Å². The number of hydrazine groups is 1. The number of methoxy groups -OCH3 is 1. The number of hydrogen-bond acceptors (Lipinski definition) is 5. The van der Waals surface area contributed by atoms with Crippen molar-refractivity contribution in [2.75, 3.05) is 7.11 Å². The van der Waals surface area contributed by atoms with Gasteiger partial charge in [0.25, 0.3) is 0 Å². The van der Waals surface area contributed by atoms with Gasteiger partial charge in [-0.05, 0) is 24.1 Å². The molecule has 1 amide bonds. The first-order chi connectivity index (χ1) is 12.1. The molecule has 6 heteroatoms.